The summed E-state index contributed by atoms with van der Waals surface area (Å²) in [5, 5.41) is 0. The molecule has 2 aromatic rings. The number of nitrogen functional groups attached to an aromatic ring is 1. The van der Waals surface area contributed by atoms with E-state index in [1.165, 1.54) is 0 Å². The molecule has 0 atom stereocenters. The van der Waals surface area contributed by atoms with E-state index >= 15 is 0 Å². The van der Waals surface area contributed by atoms with Crippen molar-refractivity contribution in [2.75, 3.05) is 5.73 Å². The van der Waals surface area contributed by atoms with Gasteiger partial charge in [-0.25, -0.2) is 0 Å². The Morgan fingerprint density at radius 1 is 1.14 bits per heavy atom. The highest BCUT2D eigenvalue weighted by Crippen LogP contribution is 2.27. The number of nitrogens with zero attached hydrogens (tertiary/aromatic N) is 1. The van der Waals surface area contributed by atoms with E-state index in [0.29, 0.717) is 0 Å². The largest absolute Gasteiger partial charge is 0.385 e. The Morgan fingerprint density at radius 2 is 1.79 bits per heavy atom. The lowest BCUT2D eigenvalue weighted by Gasteiger charge is -2.02. The van der Waals surface area contributed by atoms with Crippen LogP contribution in [0.2, 0.25) is 0 Å². The fraction of sp³-hybridized carbons (Fsp3) is 0.0909. The van der Waals surface area contributed by atoms with E-state index in [9.17, 15) is 0 Å². The van der Waals surface area contributed by atoms with E-state index < -0.39 is 0 Å². The van der Waals surface area contributed by atoms with Crippen molar-refractivity contribution in [1.82, 2.24) is 4.57 Å². The van der Waals surface area contributed by atoms with Gasteiger partial charge in [0.2, 0.25) is 0 Å². The van der Waals surface area contributed by atoms with E-state index in [4.69, 9.17) is 5.73 Å². The summed E-state index contributed by atoms with van der Waals surface area (Å²) in [6.45, 7) is 0. The molecule has 0 fully saturated rings. The van der Waals surface area contributed by atoms with Crippen LogP contribution in [0.15, 0.2) is 41.0 Å². The average molecular weight is 251 g/mol. The van der Waals surface area contributed by atoms with Gasteiger partial charge in [0.05, 0.1) is 0 Å². The van der Waals surface area contributed by atoms with E-state index in [0.717, 1.165) is 21.4 Å². The number of benzene rings is 1. The van der Waals surface area contributed by atoms with Crippen LogP contribution in [0.4, 0.5) is 5.82 Å². The molecule has 72 valence electrons. The smallest absolute Gasteiger partial charge is 0.111 e. The highest BCUT2D eigenvalue weighted by molar-refractivity contribution is 9.10. The third-order valence-corrected chi connectivity index (χ3v) is 2.80. The van der Waals surface area contributed by atoms with Crippen molar-refractivity contribution in [1.29, 1.82) is 0 Å². The van der Waals surface area contributed by atoms with E-state index in [-0.39, 0.29) is 0 Å². The number of aromatic nitrogens is 1. The Morgan fingerprint density at radius 3 is 2.29 bits per heavy atom. The minimum atomic E-state index is 0.798. The van der Waals surface area contributed by atoms with Gasteiger partial charge in [0.1, 0.15) is 5.82 Å². The summed E-state index contributed by atoms with van der Waals surface area (Å²) < 4.78 is 2.99. The van der Waals surface area contributed by atoms with Crippen LogP contribution in [0.25, 0.3) is 11.1 Å². The molecule has 2 N–H and O–H groups in total. The second-order valence-electron chi connectivity index (χ2n) is 3.23. The second-order valence-corrected chi connectivity index (χ2v) is 4.15. The van der Waals surface area contributed by atoms with Crippen molar-refractivity contribution in [3.8, 4) is 11.1 Å². The molecule has 14 heavy (non-hydrogen) atoms. The van der Waals surface area contributed by atoms with E-state index in [1.807, 2.05) is 36.0 Å². The van der Waals surface area contributed by atoms with Gasteiger partial charge >= 0.3 is 0 Å². The number of halogens is 1. The molecule has 0 amide bonds. The Labute approximate surface area is 91.5 Å². The van der Waals surface area contributed by atoms with Crippen LogP contribution >= 0.6 is 15.9 Å². The quantitative estimate of drug-likeness (QED) is 0.829. The van der Waals surface area contributed by atoms with Crippen LogP contribution in [0.3, 0.4) is 0 Å². The fourth-order valence-electron chi connectivity index (χ4n) is 1.42. The molecule has 0 aliphatic rings. The summed E-state index contributed by atoms with van der Waals surface area (Å²) in [6, 6.07) is 10.2. The average Bonchev–Trinajstić information content (AvgIpc) is 2.50. The fourth-order valence-corrected chi connectivity index (χ4v) is 1.68. The first kappa shape index (κ1) is 9.34. The third kappa shape index (κ3) is 1.55. The molecule has 0 radical (unpaired) electrons. The maximum Gasteiger partial charge on any atom is 0.111 e. The third-order valence-electron chi connectivity index (χ3n) is 2.28. The topological polar surface area (TPSA) is 30.9 Å². The zero-order chi connectivity index (χ0) is 10.1. The molecule has 1 aromatic carbocycles. The molecule has 0 aliphatic heterocycles. The number of hydrogen-bond donors (Lipinski definition) is 1. The molecule has 0 saturated heterocycles. The van der Waals surface area contributed by atoms with Crippen LogP contribution in [-0.4, -0.2) is 4.57 Å². The molecular weight excluding hydrogens is 240 g/mol. The number of anilines is 1. The van der Waals surface area contributed by atoms with Crippen LogP contribution in [0.1, 0.15) is 0 Å². The van der Waals surface area contributed by atoms with Crippen molar-refractivity contribution in [3.05, 3.63) is 41.0 Å². The Hall–Kier alpha value is -1.22. The lowest BCUT2D eigenvalue weighted by molar-refractivity contribution is 0.942. The summed E-state index contributed by atoms with van der Waals surface area (Å²) in [6.07, 6.45) is 1.96. The molecule has 2 nitrogen and oxygen atoms in total. The summed E-state index contributed by atoms with van der Waals surface area (Å²) in [5.41, 5.74) is 8.15. The SMILES string of the molecule is Cn1ccc(-c2ccc(Br)cc2)c1N. The highest BCUT2D eigenvalue weighted by Gasteiger charge is 2.04. The molecule has 0 spiro atoms. The Balaban J connectivity index is 2.49. The zero-order valence-electron chi connectivity index (χ0n) is 7.87. The van der Waals surface area contributed by atoms with Crippen LogP contribution in [0, 0.1) is 0 Å². The van der Waals surface area contributed by atoms with Crippen LogP contribution < -0.4 is 5.73 Å². The second kappa shape index (κ2) is 3.50. The van der Waals surface area contributed by atoms with Gasteiger partial charge < -0.3 is 10.3 Å². The number of hydrogen-bond acceptors (Lipinski definition) is 1. The predicted molar refractivity (Wildman–Crippen MR) is 63.0 cm³/mol. The molecule has 3 heteroatoms. The van der Waals surface area contributed by atoms with Gasteiger partial charge in [-0.1, -0.05) is 28.1 Å². The molecule has 2 rings (SSSR count). The van der Waals surface area contributed by atoms with Crippen molar-refractivity contribution in [2.45, 2.75) is 0 Å². The van der Waals surface area contributed by atoms with Gasteiger partial charge in [0.15, 0.2) is 0 Å². The molecule has 0 bridgehead atoms. The van der Waals surface area contributed by atoms with Gasteiger partial charge in [-0.2, -0.15) is 0 Å². The van der Waals surface area contributed by atoms with Crippen molar-refractivity contribution in [2.24, 2.45) is 7.05 Å². The van der Waals surface area contributed by atoms with Crippen molar-refractivity contribution >= 4 is 21.7 Å². The normalized spacial score (nSPS) is 10.4. The monoisotopic (exact) mass is 250 g/mol. The maximum atomic E-state index is 5.92. The van der Waals surface area contributed by atoms with Gasteiger partial charge in [0.25, 0.3) is 0 Å². The number of nitrogens with two attached hydrogens (primary N) is 1. The van der Waals surface area contributed by atoms with Gasteiger partial charge in [-0.15, -0.1) is 0 Å². The first-order valence-corrected chi connectivity index (χ1v) is 5.14. The van der Waals surface area contributed by atoms with Crippen molar-refractivity contribution in [3.63, 3.8) is 0 Å². The molecule has 0 unspecified atom stereocenters. The molecule has 1 aromatic heterocycles. The van der Waals surface area contributed by atoms with Crippen molar-refractivity contribution < 1.29 is 0 Å². The standard InChI is InChI=1S/C11H11BrN2/c1-14-7-6-10(11(14)13)8-2-4-9(12)5-3-8/h2-7H,13H2,1H3. The lowest BCUT2D eigenvalue weighted by Crippen LogP contribution is -1.95. The van der Waals surface area contributed by atoms with Gasteiger partial charge in [-0.3, -0.25) is 0 Å². The summed E-state index contributed by atoms with van der Waals surface area (Å²) in [5.74, 6) is 0.798. The maximum absolute atomic E-state index is 5.92. The first-order chi connectivity index (χ1) is 6.68. The minimum absolute atomic E-state index is 0.798. The van der Waals surface area contributed by atoms with E-state index in [1.54, 1.807) is 0 Å². The first-order valence-electron chi connectivity index (χ1n) is 4.35. The predicted octanol–water partition coefficient (Wildman–Crippen LogP) is 3.04. The summed E-state index contributed by atoms with van der Waals surface area (Å²) >= 11 is 3.41. The summed E-state index contributed by atoms with van der Waals surface area (Å²) in [4.78, 5) is 0. The molecule has 0 saturated carbocycles. The van der Waals surface area contributed by atoms with Gasteiger partial charge in [-0.05, 0) is 23.8 Å². The zero-order valence-corrected chi connectivity index (χ0v) is 9.45. The van der Waals surface area contributed by atoms with Crippen LogP contribution in [0.5, 0.6) is 0 Å². The van der Waals surface area contributed by atoms with E-state index in [2.05, 4.69) is 28.1 Å². The number of rotatable bonds is 1. The Kier molecular flexibility index (Phi) is 2.33. The molecular formula is C11H11BrN2. The molecule has 0 aliphatic carbocycles. The highest BCUT2D eigenvalue weighted by atomic mass is 79.9. The minimum Gasteiger partial charge on any atom is -0.385 e. The number of aryl methyl sites for hydroxylation is 1. The van der Waals surface area contributed by atoms with Crippen LogP contribution in [-0.2, 0) is 7.05 Å². The lowest BCUT2D eigenvalue weighted by atomic mass is 10.1. The summed E-state index contributed by atoms with van der Waals surface area (Å²) in [7, 11) is 1.94. The van der Waals surface area contributed by atoms with Gasteiger partial charge in [0, 0.05) is 23.3 Å². The Bertz CT molecular complexity index is 443. The molecule has 1 heterocycles.